The summed E-state index contributed by atoms with van der Waals surface area (Å²) in [6.07, 6.45) is 25.1. The van der Waals surface area contributed by atoms with Crippen molar-refractivity contribution in [3.63, 3.8) is 0 Å². The van der Waals surface area contributed by atoms with E-state index >= 15 is 0 Å². The molecule has 3 aromatic carbocycles. The Labute approximate surface area is 363 Å². The van der Waals surface area contributed by atoms with Gasteiger partial charge in [-0.25, -0.2) is 0 Å². The van der Waals surface area contributed by atoms with Crippen LogP contribution in [-0.4, -0.2) is 69.9 Å². The average Bonchev–Trinajstić information content (AvgIpc) is 3.59. The molecule has 3 aromatic rings. The third-order valence-electron chi connectivity index (χ3n) is 12.3. The monoisotopic (exact) mass is 830 g/mol. The van der Waals surface area contributed by atoms with Gasteiger partial charge in [0.05, 0.1) is 26.9 Å². The first-order valence-electron chi connectivity index (χ1n) is 23.6. The molecule has 1 saturated heterocycles. The maximum absolute atomic E-state index is 12.6. The van der Waals surface area contributed by atoms with Crippen LogP contribution >= 0.6 is 0 Å². The summed E-state index contributed by atoms with van der Waals surface area (Å²) < 4.78 is 30.3. The molecule has 4 rings (SSSR count). The molecule has 8 nitrogen and oxygen atoms in total. The molecule has 0 aliphatic carbocycles. The highest BCUT2D eigenvalue weighted by molar-refractivity contribution is 5.75. The Morgan fingerprint density at radius 2 is 1.05 bits per heavy atom. The molecular weight excluding hydrogens is 751 g/mol. The van der Waals surface area contributed by atoms with E-state index < -0.39 is 23.9 Å². The van der Waals surface area contributed by atoms with E-state index in [-0.39, 0.29) is 18.6 Å². The van der Waals surface area contributed by atoms with Gasteiger partial charge in [-0.2, -0.15) is 0 Å². The molecule has 1 aliphatic rings. The second-order valence-corrected chi connectivity index (χ2v) is 16.8. The molecule has 4 atom stereocenters. The molecule has 0 spiro atoms. The van der Waals surface area contributed by atoms with Gasteiger partial charge < -0.3 is 34.1 Å². The van der Waals surface area contributed by atoms with Gasteiger partial charge in [-0.3, -0.25) is 4.79 Å². The quantitative estimate of drug-likeness (QED) is 0.0466. The highest BCUT2D eigenvalue weighted by Crippen LogP contribution is 2.42. The van der Waals surface area contributed by atoms with Gasteiger partial charge in [0.1, 0.15) is 35.4 Å². The van der Waals surface area contributed by atoms with Crippen molar-refractivity contribution in [2.45, 2.75) is 178 Å². The number of unbranched alkanes of at least 4 members (excludes halogenated alkanes) is 18. The van der Waals surface area contributed by atoms with Crippen molar-refractivity contribution >= 4 is 5.91 Å². The van der Waals surface area contributed by atoms with E-state index in [0.717, 1.165) is 47.5 Å². The van der Waals surface area contributed by atoms with Gasteiger partial charge >= 0.3 is 0 Å². The molecule has 334 valence electrons. The van der Waals surface area contributed by atoms with Crippen LogP contribution in [0.4, 0.5) is 0 Å². The SMILES string of the molecule is CCCCCCCCCCCCCCCCCCCCCC(=O)NCCC[C@@H]1O[C@H](COC(c2ccccc2)(c2ccc(OC)cc2)c2ccc(OC)cc2)[C@@H](O)[C@H]1OC. The third-order valence-corrected chi connectivity index (χ3v) is 12.3. The highest BCUT2D eigenvalue weighted by Gasteiger charge is 2.46. The van der Waals surface area contributed by atoms with Crippen LogP contribution in [0, 0.1) is 0 Å². The second kappa shape index (κ2) is 29.0. The number of carbonyl (C=O) groups excluding carboxylic acids is 1. The van der Waals surface area contributed by atoms with Crippen LogP contribution in [0.3, 0.4) is 0 Å². The standard InChI is InChI=1S/C52H79NO7/c1-5-6-7-8-9-10-11-12-13-14-15-16-17-18-19-20-21-22-26-31-49(54)53-40-27-30-47-51(58-4)50(55)48(60-47)41-59-52(42-28-24-23-25-29-42,43-32-36-45(56-2)37-33-43)44-34-38-46(57-3)39-35-44/h23-25,28-29,32-39,47-48,50-51,55H,5-22,26-27,30-31,40-41H2,1-4H3,(H,53,54)/t47-,48+,50+,51-/m0/s1. The Morgan fingerprint density at radius 3 is 1.50 bits per heavy atom. The van der Waals surface area contributed by atoms with Crippen LogP contribution in [0.25, 0.3) is 0 Å². The summed E-state index contributed by atoms with van der Waals surface area (Å²) >= 11 is 0. The molecule has 0 unspecified atom stereocenters. The molecule has 0 radical (unpaired) electrons. The highest BCUT2D eigenvalue weighted by atomic mass is 16.6. The van der Waals surface area contributed by atoms with Crippen LogP contribution in [-0.2, 0) is 24.6 Å². The molecule has 0 bridgehead atoms. The summed E-state index contributed by atoms with van der Waals surface area (Å²) in [5.41, 5.74) is 1.72. The van der Waals surface area contributed by atoms with Gasteiger partial charge in [0, 0.05) is 20.1 Å². The van der Waals surface area contributed by atoms with Crippen LogP contribution in [0.5, 0.6) is 11.5 Å². The van der Waals surface area contributed by atoms with Gasteiger partial charge in [0.15, 0.2) is 0 Å². The van der Waals surface area contributed by atoms with E-state index in [0.29, 0.717) is 19.4 Å². The summed E-state index contributed by atoms with van der Waals surface area (Å²) in [7, 11) is 4.91. The van der Waals surface area contributed by atoms with Crippen LogP contribution in [0.2, 0.25) is 0 Å². The first-order valence-corrected chi connectivity index (χ1v) is 23.6. The maximum atomic E-state index is 12.6. The summed E-state index contributed by atoms with van der Waals surface area (Å²) in [6, 6.07) is 25.9. The van der Waals surface area contributed by atoms with E-state index in [1.54, 1.807) is 21.3 Å². The van der Waals surface area contributed by atoms with Crippen molar-refractivity contribution in [3.05, 3.63) is 95.6 Å². The molecule has 1 amide bonds. The lowest BCUT2D eigenvalue weighted by Crippen LogP contribution is -2.40. The molecule has 8 heteroatoms. The maximum Gasteiger partial charge on any atom is 0.219 e. The molecule has 1 aliphatic heterocycles. The number of aliphatic hydroxyl groups excluding tert-OH is 1. The third kappa shape index (κ3) is 16.1. The van der Waals surface area contributed by atoms with Crippen LogP contribution in [0.15, 0.2) is 78.9 Å². The minimum absolute atomic E-state index is 0.109. The first kappa shape index (κ1) is 49.2. The summed E-state index contributed by atoms with van der Waals surface area (Å²) in [5.74, 6) is 1.60. The molecule has 1 heterocycles. The van der Waals surface area contributed by atoms with Crippen molar-refractivity contribution in [1.29, 1.82) is 0 Å². The molecule has 0 aromatic heterocycles. The summed E-state index contributed by atoms with van der Waals surface area (Å²) in [6.45, 7) is 2.96. The van der Waals surface area contributed by atoms with Gasteiger partial charge in [0.2, 0.25) is 5.91 Å². The number of carbonyl (C=O) groups is 1. The van der Waals surface area contributed by atoms with Crippen LogP contribution < -0.4 is 14.8 Å². The number of methoxy groups -OCH3 is 3. The fourth-order valence-corrected chi connectivity index (χ4v) is 8.74. The molecule has 60 heavy (non-hydrogen) atoms. The molecule has 1 fully saturated rings. The van der Waals surface area contributed by atoms with Crippen molar-refractivity contribution in [2.75, 3.05) is 34.5 Å². The predicted molar refractivity (Wildman–Crippen MR) is 244 cm³/mol. The Hall–Kier alpha value is -3.43. The van der Waals surface area contributed by atoms with Crippen LogP contribution in [0.1, 0.15) is 165 Å². The van der Waals surface area contributed by atoms with Crippen molar-refractivity contribution in [2.24, 2.45) is 0 Å². The Kier molecular flexibility index (Phi) is 23.8. The van der Waals surface area contributed by atoms with Crippen molar-refractivity contribution < 1.29 is 33.6 Å². The van der Waals surface area contributed by atoms with E-state index in [9.17, 15) is 9.90 Å². The Bertz CT molecular complexity index is 1480. The Balaban J connectivity index is 1.14. The fourth-order valence-electron chi connectivity index (χ4n) is 8.74. The number of rotatable bonds is 33. The van der Waals surface area contributed by atoms with Gasteiger partial charge in [0.25, 0.3) is 0 Å². The summed E-state index contributed by atoms with van der Waals surface area (Å²) in [5, 5.41) is 14.6. The smallest absolute Gasteiger partial charge is 0.219 e. The van der Waals surface area contributed by atoms with E-state index in [1.165, 1.54) is 109 Å². The van der Waals surface area contributed by atoms with E-state index in [2.05, 4.69) is 24.4 Å². The zero-order valence-corrected chi connectivity index (χ0v) is 37.7. The summed E-state index contributed by atoms with van der Waals surface area (Å²) in [4.78, 5) is 12.6. The number of hydrogen-bond donors (Lipinski definition) is 2. The van der Waals surface area contributed by atoms with E-state index in [1.807, 2.05) is 66.7 Å². The first-order chi connectivity index (χ1) is 29.5. The number of amides is 1. The molecule has 2 N–H and O–H groups in total. The number of ether oxygens (including phenoxy) is 5. The largest absolute Gasteiger partial charge is 0.497 e. The molecule has 0 saturated carbocycles. The zero-order chi connectivity index (χ0) is 42.7. The number of benzene rings is 3. The molecular formula is C52H79NO7. The second-order valence-electron chi connectivity index (χ2n) is 16.8. The average molecular weight is 830 g/mol. The van der Waals surface area contributed by atoms with Crippen molar-refractivity contribution in [1.82, 2.24) is 5.32 Å². The van der Waals surface area contributed by atoms with Crippen molar-refractivity contribution in [3.8, 4) is 11.5 Å². The number of aliphatic hydroxyl groups is 1. The Morgan fingerprint density at radius 1 is 0.600 bits per heavy atom. The lowest BCUT2D eigenvalue weighted by molar-refractivity contribution is -0.121. The minimum Gasteiger partial charge on any atom is -0.497 e. The topological polar surface area (TPSA) is 95.5 Å². The lowest BCUT2D eigenvalue weighted by atomic mass is 9.80. The number of nitrogens with one attached hydrogen (secondary N) is 1. The zero-order valence-electron chi connectivity index (χ0n) is 37.7. The fraction of sp³-hybridized carbons (Fsp3) is 0.635. The van der Waals surface area contributed by atoms with Gasteiger partial charge in [-0.15, -0.1) is 0 Å². The number of hydrogen-bond acceptors (Lipinski definition) is 7. The normalized spacial score (nSPS) is 17.8. The van der Waals surface area contributed by atoms with Gasteiger partial charge in [-0.05, 0) is 60.2 Å². The predicted octanol–water partition coefficient (Wildman–Crippen LogP) is 11.9. The lowest BCUT2D eigenvalue weighted by Gasteiger charge is -2.37. The van der Waals surface area contributed by atoms with Gasteiger partial charge in [-0.1, -0.05) is 177 Å². The van der Waals surface area contributed by atoms with E-state index in [4.69, 9.17) is 23.7 Å². The minimum atomic E-state index is -1.03.